The fraction of sp³-hybridized carbons (Fsp3) is 0.917. The molecule has 0 aromatic rings. The van der Waals surface area contributed by atoms with Crippen LogP contribution in [0.2, 0.25) is 0 Å². The lowest BCUT2D eigenvalue weighted by molar-refractivity contribution is -0.142. The van der Waals surface area contributed by atoms with Crippen LogP contribution in [0.4, 0.5) is 0 Å². The minimum absolute atomic E-state index is 0.140. The minimum atomic E-state index is -0.140. The summed E-state index contributed by atoms with van der Waals surface area (Å²) >= 11 is 0. The van der Waals surface area contributed by atoms with E-state index in [2.05, 4.69) is 24.1 Å². The first-order valence-electron chi connectivity index (χ1n) is 6.14. The average Bonchev–Trinajstić information content (AvgIpc) is 2.69. The molecule has 1 aliphatic rings. The maximum Gasteiger partial charge on any atom is 0.319 e. The quantitative estimate of drug-likeness (QED) is 0.685. The number of rotatable bonds is 6. The Labute approximate surface area is 98.3 Å². The van der Waals surface area contributed by atoms with Crippen LogP contribution in [-0.2, 0) is 9.53 Å². The van der Waals surface area contributed by atoms with Gasteiger partial charge in [-0.15, -0.1) is 0 Å². The van der Waals surface area contributed by atoms with Crippen molar-refractivity contribution in [2.24, 2.45) is 5.92 Å². The molecule has 16 heavy (non-hydrogen) atoms. The van der Waals surface area contributed by atoms with Crippen LogP contribution in [0.3, 0.4) is 0 Å². The lowest BCUT2D eigenvalue weighted by Gasteiger charge is -2.26. The van der Waals surface area contributed by atoms with E-state index < -0.39 is 0 Å². The van der Waals surface area contributed by atoms with Crippen molar-refractivity contribution < 1.29 is 9.53 Å². The number of hydrogen-bond acceptors (Lipinski definition) is 4. The molecule has 1 heterocycles. The molecule has 1 fully saturated rings. The van der Waals surface area contributed by atoms with Gasteiger partial charge in [0.05, 0.1) is 13.7 Å². The zero-order valence-electron chi connectivity index (χ0n) is 10.7. The summed E-state index contributed by atoms with van der Waals surface area (Å²) in [7, 11) is 1.45. The third-order valence-corrected chi connectivity index (χ3v) is 2.84. The molecule has 94 valence electrons. The fourth-order valence-corrected chi connectivity index (χ4v) is 2.19. The van der Waals surface area contributed by atoms with Crippen LogP contribution in [0.25, 0.3) is 0 Å². The smallest absolute Gasteiger partial charge is 0.319 e. The first kappa shape index (κ1) is 13.5. The standard InChI is InChI=1S/C12H24N2O2/c1-10(2)7-14(9-12(15)16-3)8-11-5-4-6-13-11/h10-11,13H,4-9H2,1-3H3. The van der Waals surface area contributed by atoms with Crippen LogP contribution in [0.5, 0.6) is 0 Å². The van der Waals surface area contributed by atoms with Crippen molar-refractivity contribution in [2.45, 2.75) is 32.7 Å². The Morgan fingerprint density at radius 3 is 2.81 bits per heavy atom. The normalized spacial score (nSPS) is 20.7. The zero-order valence-corrected chi connectivity index (χ0v) is 10.7. The Balaban J connectivity index is 2.38. The van der Waals surface area contributed by atoms with E-state index in [0.29, 0.717) is 18.5 Å². The number of ether oxygens (including phenoxy) is 1. The summed E-state index contributed by atoms with van der Waals surface area (Å²) < 4.78 is 4.73. The SMILES string of the molecule is COC(=O)CN(CC(C)C)CC1CCCN1. The molecule has 1 aliphatic heterocycles. The minimum Gasteiger partial charge on any atom is -0.468 e. The Hall–Kier alpha value is -0.610. The number of nitrogens with one attached hydrogen (secondary N) is 1. The average molecular weight is 228 g/mol. The molecule has 1 unspecified atom stereocenters. The first-order chi connectivity index (χ1) is 7.61. The molecule has 4 nitrogen and oxygen atoms in total. The second-order valence-corrected chi connectivity index (χ2v) is 4.96. The van der Waals surface area contributed by atoms with Crippen LogP contribution in [0.1, 0.15) is 26.7 Å². The molecule has 1 rings (SSSR count). The van der Waals surface area contributed by atoms with E-state index in [1.54, 1.807) is 0 Å². The van der Waals surface area contributed by atoms with Crippen molar-refractivity contribution in [3.05, 3.63) is 0 Å². The van der Waals surface area contributed by atoms with Crippen LogP contribution < -0.4 is 5.32 Å². The van der Waals surface area contributed by atoms with E-state index in [4.69, 9.17) is 4.74 Å². The van der Waals surface area contributed by atoms with Gasteiger partial charge in [-0.25, -0.2) is 0 Å². The maximum absolute atomic E-state index is 11.3. The van der Waals surface area contributed by atoms with Crippen molar-refractivity contribution in [3.63, 3.8) is 0 Å². The van der Waals surface area contributed by atoms with E-state index in [9.17, 15) is 4.79 Å². The Morgan fingerprint density at radius 1 is 1.56 bits per heavy atom. The van der Waals surface area contributed by atoms with E-state index in [1.807, 2.05) is 0 Å². The molecule has 4 heteroatoms. The molecule has 0 amide bonds. The third-order valence-electron chi connectivity index (χ3n) is 2.84. The maximum atomic E-state index is 11.3. The highest BCUT2D eigenvalue weighted by molar-refractivity contribution is 5.71. The van der Waals surface area contributed by atoms with Gasteiger partial charge in [0, 0.05) is 19.1 Å². The predicted molar refractivity (Wildman–Crippen MR) is 64.3 cm³/mol. The Kier molecular flexibility index (Phi) is 5.77. The molecular weight excluding hydrogens is 204 g/mol. The van der Waals surface area contributed by atoms with Crippen molar-refractivity contribution in [3.8, 4) is 0 Å². The summed E-state index contributed by atoms with van der Waals surface area (Å²) in [6.45, 7) is 7.77. The van der Waals surface area contributed by atoms with Crippen LogP contribution in [-0.4, -0.2) is 50.2 Å². The number of esters is 1. The number of carbonyl (C=O) groups excluding carboxylic acids is 1. The summed E-state index contributed by atoms with van der Waals surface area (Å²) in [6.07, 6.45) is 2.47. The topological polar surface area (TPSA) is 41.6 Å². The Morgan fingerprint density at radius 2 is 2.31 bits per heavy atom. The third kappa shape index (κ3) is 4.94. The van der Waals surface area contributed by atoms with Crippen LogP contribution >= 0.6 is 0 Å². The number of methoxy groups -OCH3 is 1. The summed E-state index contributed by atoms with van der Waals surface area (Å²) in [5.74, 6) is 0.435. The van der Waals surface area contributed by atoms with Crippen LogP contribution in [0.15, 0.2) is 0 Å². The lowest BCUT2D eigenvalue weighted by atomic mass is 10.1. The van der Waals surface area contributed by atoms with Crippen molar-refractivity contribution in [2.75, 3.05) is 33.3 Å². The number of carbonyl (C=O) groups is 1. The van der Waals surface area contributed by atoms with Gasteiger partial charge < -0.3 is 10.1 Å². The molecule has 1 atom stereocenters. The highest BCUT2D eigenvalue weighted by Crippen LogP contribution is 2.08. The second kappa shape index (κ2) is 6.86. The number of hydrogen-bond donors (Lipinski definition) is 1. The lowest BCUT2D eigenvalue weighted by Crippen LogP contribution is -2.42. The fourth-order valence-electron chi connectivity index (χ4n) is 2.19. The van der Waals surface area contributed by atoms with Crippen molar-refractivity contribution in [1.29, 1.82) is 0 Å². The highest BCUT2D eigenvalue weighted by atomic mass is 16.5. The molecule has 1 saturated heterocycles. The van der Waals surface area contributed by atoms with E-state index in [0.717, 1.165) is 19.6 Å². The van der Waals surface area contributed by atoms with E-state index in [1.165, 1.54) is 20.0 Å². The van der Waals surface area contributed by atoms with E-state index >= 15 is 0 Å². The molecular formula is C12H24N2O2. The number of nitrogens with zero attached hydrogens (tertiary/aromatic N) is 1. The molecule has 1 N–H and O–H groups in total. The molecule has 0 aromatic heterocycles. The van der Waals surface area contributed by atoms with Gasteiger partial charge in [0.1, 0.15) is 0 Å². The Bertz CT molecular complexity index is 213. The van der Waals surface area contributed by atoms with Gasteiger partial charge in [-0.1, -0.05) is 13.8 Å². The highest BCUT2D eigenvalue weighted by Gasteiger charge is 2.20. The summed E-state index contributed by atoms with van der Waals surface area (Å²) in [6, 6.07) is 0.545. The van der Waals surface area contributed by atoms with Gasteiger partial charge in [-0.05, 0) is 25.3 Å². The summed E-state index contributed by atoms with van der Waals surface area (Å²) in [5, 5.41) is 3.46. The molecule has 0 radical (unpaired) electrons. The van der Waals surface area contributed by atoms with Crippen LogP contribution in [0, 0.1) is 5.92 Å². The molecule has 0 saturated carbocycles. The molecule has 0 bridgehead atoms. The van der Waals surface area contributed by atoms with E-state index in [-0.39, 0.29) is 5.97 Å². The zero-order chi connectivity index (χ0) is 12.0. The summed E-state index contributed by atoms with van der Waals surface area (Å²) in [5.41, 5.74) is 0. The van der Waals surface area contributed by atoms with Gasteiger partial charge >= 0.3 is 5.97 Å². The molecule has 0 aromatic carbocycles. The molecule has 0 spiro atoms. The second-order valence-electron chi connectivity index (χ2n) is 4.96. The van der Waals surface area contributed by atoms with Gasteiger partial charge in [-0.3, -0.25) is 9.69 Å². The predicted octanol–water partition coefficient (Wildman–Crippen LogP) is 0.869. The van der Waals surface area contributed by atoms with Gasteiger partial charge in [0.15, 0.2) is 0 Å². The molecule has 0 aliphatic carbocycles. The van der Waals surface area contributed by atoms with Gasteiger partial charge in [-0.2, -0.15) is 0 Å². The summed E-state index contributed by atoms with van der Waals surface area (Å²) in [4.78, 5) is 13.5. The van der Waals surface area contributed by atoms with Crippen molar-refractivity contribution >= 4 is 5.97 Å². The van der Waals surface area contributed by atoms with Crippen molar-refractivity contribution in [1.82, 2.24) is 10.2 Å². The monoisotopic (exact) mass is 228 g/mol. The first-order valence-corrected chi connectivity index (χ1v) is 6.14. The van der Waals surface area contributed by atoms with Gasteiger partial charge in [0.2, 0.25) is 0 Å². The largest absolute Gasteiger partial charge is 0.468 e. The van der Waals surface area contributed by atoms with Gasteiger partial charge in [0.25, 0.3) is 0 Å².